The van der Waals surface area contributed by atoms with Crippen molar-refractivity contribution in [3.05, 3.63) is 18.1 Å². The third-order valence-electron chi connectivity index (χ3n) is 2.97. The van der Waals surface area contributed by atoms with Gasteiger partial charge in [-0.05, 0) is 25.7 Å². The first kappa shape index (κ1) is 11.3. The minimum atomic E-state index is -0.763. The highest BCUT2D eigenvalue weighted by Gasteiger charge is 2.36. The highest BCUT2D eigenvalue weighted by atomic mass is 16.2. The summed E-state index contributed by atoms with van der Waals surface area (Å²) >= 11 is 0. The molecule has 6 heteroatoms. The second-order valence-electron chi connectivity index (χ2n) is 4.15. The predicted molar refractivity (Wildman–Crippen MR) is 60.7 cm³/mol. The quantitative estimate of drug-likeness (QED) is 0.776. The monoisotopic (exact) mass is 231 g/mol. The molecule has 1 aliphatic rings. The predicted octanol–water partition coefficient (Wildman–Crippen LogP) is 0.625. The van der Waals surface area contributed by atoms with Gasteiger partial charge in [-0.1, -0.05) is 0 Å². The van der Waals surface area contributed by atoms with Crippen molar-refractivity contribution in [2.75, 3.05) is 5.73 Å². The second kappa shape index (κ2) is 4.37. The largest absolute Gasteiger partial charge is 0.382 e. The molecule has 1 heterocycles. The Morgan fingerprint density at radius 3 is 2.65 bits per heavy atom. The van der Waals surface area contributed by atoms with Crippen LogP contribution in [0.25, 0.3) is 0 Å². The first-order valence-corrected chi connectivity index (χ1v) is 5.47. The Kier molecular flexibility index (Phi) is 2.91. The first-order valence-electron chi connectivity index (χ1n) is 5.47. The zero-order valence-corrected chi connectivity index (χ0v) is 9.31. The average Bonchev–Trinajstić information content (AvgIpc) is 2.79. The van der Waals surface area contributed by atoms with Gasteiger partial charge >= 0.3 is 0 Å². The smallest absolute Gasteiger partial charge is 0.274 e. The highest BCUT2D eigenvalue weighted by Crippen LogP contribution is 2.29. The molecular weight excluding hydrogens is 218 g/mol. The molecule has 0 unspecified atom stereocenters. The van der Waals surface area contributed by atoms with Gasteiger partial charge in [0.05, 0.1) is 6.07 Å². The number of nitrogens with one attached hydrogen (secondary N) is 1. The fourth-order valence-electron chi connectivity index (χ4n) is 2.04. The molecule has 1 aromatic rings. The number of hydrogen-bond donors (Lipinski definition) is 2. The topological polar surface area (TPSA) is 105 Å². The van der Waals surface area contributed by atoms with Crippen molar-refractivity contribution in [3.8, 4) is 6.07 Å². The van der Waals surface area contributed by atoms with Crippen molar-refractivity contribution in [1.29, 1.82) is 5.26 Å². The molecule has 0 spiro atoms. The number of hydrogen-bond acceptors (Lipinski definition) is 5. The van der Waals surface area contributed by atoms with Crippen molar-refractivity contribution in [2.24, 2.45) is 0 Å². The summed E-state index contributed by atoms with van der Waals surface area (Å²) in [7, 11) is 0. The Labute approximate surface area is 98.9 Å². The van der Waals surface area contributed by atoms with Crippen molar-refractivity contribution < 1.29 is 4.79 Å². The summed E-state index contributed by atoms with van der Waals surface area (Å²) in [5, 5.41) is 11.9. The highest BCUT2D eigenvalue weighted by molar-refractivity contribution is 5.96. The Bertz CT molecular complexity index is 473. The lowest BCUT2D eigenvalue weighted by atomic mass is 10.00. The van der Waals surface area contributed by atoms with Crippen molar-refractivity contribution in [3.63, 3.8) is 0 Å². The lowest BCUT2D eigenvalue weighted by molar-refractivity contribution is 0.0916. The lowest BCUT2D eigenvalue weighted by Gasteiger charge is -2.21. The first-order chi connectivity index (χ1) is 8.17. The molecule has 1 aromatic heterocycles. The Balaban J connectivity index is 2.17. The van der Waals surface area contributed by atoms with E-state index in [0.717, 1.165) is 12.8 Å². The van der Waals surface area contributed by atoms with Crippen LogP contribution in [0, 0.1) is 11.3 Å². The Morgan fingerprint density at radius 1 is 1.41 bits per heavy atom. The zero-order chi connectivity index (χ0) is 12.3. The molecular formula is C11H13N5O. The molecule has 17 heavy (non-hydrogen) atoms. The molecule has 1 saturated carbocycles. The molecule has 0 bridgehead atoms. The number of nitriles is 1. The number of carbonyl (C=O) groups excluding carboxylic acids is 1. The summed E-state index contributed by atoms with van der Waals surface area (Å²) in [6.45, 7) is 0. The summed E-state index contributed by atoms with van der Waals surface area (Å²) in [6.07, 6.45) is 6.07. The minimum Gasteiger partial charge on any atom is -0.382 e. The SMILES string of the molecule is N#CC1(NC(=O)c2nccnc2N)CCCC1. The van der Waals surface area contributed by atoms with Crippen LogP contribution in [-0.2, 0) is 0 Å². The van der Waals surface area contributed by atoms with Gasteiger partial charge in [0.2, 0.25) is 0 Å². The Hall–Kier alpha value is -2.16. The summed E-state index contributed by atoms with van der Waals surface area (Å²) in [5.41, 5.74) is 4.88. The molecule has 1 amide bonds. The van der Waals surface area contributed by atoms with E-state index >= 15 is 0 Å². The van der Waals surface area contributed by atoms with E-state index in [0.29, 0.717) is 12.8 Å². The fraction of sp³-hybridized carbons (Fsp3) is 0.455. The van der Waals surface area contributed by atoms with E-state index in [4.69, 9.17) is 11.0 Å². The third kappa shape index (κ3) is 2.18. The van der Waals surface area contributed by atoms with Crippen molar-refractivity contribution in [1.82, 2.24) is 15.3 Å². The van der Waals surface area contributed by atoms with Crippen molar-refractivity contribution >= 4 is 11.7 Å². The number of nitrogens with zero attached hydrogens (tertiary/aromatic N) is 3. The van der Waals surface area contributed by atoms with Gasteiger partial charge in [0, 0.05) is 12.4 Å². The Morgan fingerprint density at radius 2 is 2.06 bits per heavy atom. The molecule has 0 radical (unpaired) electrons. The second-order valence-corrected chi connectivity index (χ2v) is 4.15. The van der Waals surface area contributed by atoms with Crippen LogP contribution < -0.4 is 11.1 Å². The van der Waals surface area contributed by atoms with E-state index in [2.05, 4.69) is 21.4 Å². The van der Waals surface area contributed by atoms with Crippen molar-refractivity contribution in [2.45, 2.75) is 31.2 Å². The normalized spacial score (nSPS) is 17.4. The molecule has 0 saturated heterocycles. The molecule has 0 atom stereocenters. The van der Waals surface area contributed by atoms with E-state index in [1.165, 1.54) is 12.4 Å². The number of amides is 1. The molecule has 0 aliphatic heterocycles. The molecule has 88 valence electrons. The van der Waals surface area contributed by atoms with Crippen LogP contribution in [0.4, 0.5) is 5.82 Å². The van der Waals surface area contributed by atoms with Gasteiger partial charge in [0.15, 0.2) is 11.5 Å². The standard InChI is InChI=1S/C11H13N5O/c12-7-11(3-1-2-4-11)16-10(17)8-9(13)15-6-5-14-8/h5-6H,1-4H2,(H2,13,15)(H,16,17). The van der Waals surface area contributed by atoms with Gasteiger partial charge in [0.25, 0.3) is 5.91 Å². The number of nitrogens with two attached hydrogens (primary N) is 1. The van der Waals surface area contributed by atoms with Crippen LogP contribution in [0.5, 0.6) is 0 Å². The molecule has 6 nitrogen and oxygen atoms in total. The van der Waals surface area contributed by atoms with Crippen LogP contribution in [0.1, 0.15) is 36.2 Å². The number of nitrogen functional groups attached to an aromatic ring is 1. The van der Waals surface area contributed by atoms with E-state index in [9.17, 15) is 4.79 Å². The number of aromatic nitrogens is 2. The summed E-state index contributed by atoms with van der Waals surface area (Å²) in [5.74, 6) is -0.352. The zero-order valence-electron chi connectivity index (χ0n) is 9.31. The maximum Gasteiger partial charge on any atom is 0.274 e. The van der Waals surface area contributed by atoms with Gasteiger partial charge in [-0.3, -0.25) is 4.79 Å². The molecule has 0 aromatic carbocycles. The summed E-state index contributed by atoms with van der Waals surface area (Å²) in [4.78, 5) is 19.6. The lowest BCUT2D eigenvalue weighted by Crippen LogP contribution is -2.45. The van der Waals surface area contributed by atoms with Crippen LogP contribution in [-0.4, -0.2) is 21.4 Å². The number of rotatable bonds is 2. The molecule has 1 fully saturated rings. The maximum atomic E-state index is 11.9. The number of carbonyl (C=O) groups is 1. The number of anilines is 1. The minimum absolute atomic E-state index is 0.0778. The van der Waals surface area contributed by atoms with Gasteiger partial charge in [-0.15, -0.1) is 0 Å². The van der Waals surface area contributed by atoms with E-state index in [-0.39, 0.29) is 11.5 Å². The van der Waals surface area contributed by atoms with Crippen LogP contribution in [0.2, 0.25) is 0 Å². The van der Waals surface area contributed by atoms with E-state index in [1.54, 1.807) is 0 Å². The summed E-state index contributed by atoms with van der Waals surface area (Å²) in [6, 6.07) is 2.18. The van der Waals surface area contributed by atoms with Crippen LogP contribution >= 0.6 is 0 Å². The average molecular weight is 231 g/mol. The van der Waals surface area contributed by atoms with Gasteiger partial charge in [0.1, 0.15) is 5.54 Å². The molecule has 1 aliphatic carbocycles. The van der Waals surface area contributed by atoms with Crippen LogP contribution in [0.3, 0.4) is 0 Å². The third-order valence-corrected chi connectivity index (χ3v) is 2.97. The maximum absolute atomic E-state index is 11.9. The molecule has 3 N–H and O–H groups in total. The van der Waals surface area contributed by atoms with Gasteiger partial charge < -0.3 is 11.1 Å². The van der Waals surface area contributed by atoms with Gasteiger partial charge in [-0.25, -0.2) is 9.97 Å². The van der Waals surface area contributed by atoms with Gasteiger partial charge in [-0.2, -0.15) is 5.26 Å². The van der Waals surface area contributed by atoms with E-state index < -0.39 is 11.4 Å². The summed E-state index contributed by atoms with van der Waals surface area (Å²) < 4.78 is 0. The molecule has 2 rings (SSSR count). The fourth-order valence-corrected chi connectivity index (χ4v) is 2.04. The van der Waals surface area contributed by atoms with E-state index in [1.807, 2.05) is 0 Å². The van der Waals surface area contributed by atoms with Crippen LogP contribution in [0.15, 0.2) is 12.4 Å².